The SMILES string of the molecule is COCCN=C(N)c1ccc2nc(-c3ccc(-c4nc5ccc(C(N)=NCCOC)cc5[nH]4)cc3)[nH]c2c1.Cl.Cl.Cl.Cl. The van der Waals surface area contributed by atoms with Gasteiger partial charge in [0.05, 0.1) is 48.4 Å². The van der Waals surface area contributed by atoms with Gasteiger partial charge in [-0.15, -0.1) is 49.6 Å². The molecule has 226 valence electrons. The molecule has 2 aromatic heterocycles. The van der Waals surface area contributed by atoms with Crippen LogP contribution in [-0.4, -0.2) is 72.1 Å². The summed E-state index contributed by atoms with van der Waals surface area (Å²) in [7, 11) is 3.28. The summed E-state index contributed by atoms with van der Waals surface area (Å²) in [6, 6.07) is 19.7. The number of nitrogens with one attached hydrogen (secondary N) is 2. The van der Waals surface area contributed by atoms with Crippen LogP contribution in [0, 0.1) is 0 Å². The molecule has 0 aliphatic rings. The molecule has 0 radical (unpaired) electrons. The van der Waals surface area contributed by atoms with E-state index < -0.39 is 0 Å². The Hall–Kier alpha value is -3.38. The van der Waals surface area contributed by atoms with Gasteiger partial charge in [0.2, 0.25) is 0 Å². The Morgan fingerprint density at radius 1 is 0.643 bits per heavy atom. The minimum atomic E-state index is 0. The molecule has 0 spiro atoms. The van der Waals surface area contributed by atoms with Gasteiger partial charge in [0, 0.05) is 36.5 Å². The van der Waals surface area contributed by atoms with E-state index in [2.05, 4.69) is 20.0 Å². The Labute approximate surface area is 268 Å². The van der Waals surface area contributed by atoms with Crippen LogP contribution >= 0.6 is 49.6 Å². The highest BCUT2D eigenvalue weighted by Gasteiger charge is 2.11. The topological polar surface area (TPSA) is 153 Å². The fourth-order valence-electron chi connectivity index (χ4n) is 4.09. The number of methoxy groups -OCH3 is 2. The lowest BCUT2D eigenvalue weighted by Gasteiger charge is -2.01. The Bertz CT molecular complexity index is 1510. The molecule has 5 rings (SSSR count). The number of ether oxygens (including phenoxy) is 2. The van der Waals surface area contributed by atoms with E-state index in [1.807, 2.05) is 60.7 Å². The van der Waals surface area contributed by atoms with Crippen LogP contribution in [0.25, 0.3) is 44.8 Å². The number of rotatable bonds is 10. The monoisotopic (exact) mass is 654 g/mol. The molecule has 42 heavy (non-hydrogen) atoms. The third kappa shape index (κ3) is 8.34. The first-order chi connectivity index (χ1) is 18.6. The van der Waals surface area contributed by atoms with E-state index in [1.54, 1.807) is 14.2 Å². The van der Waals surface area contributed by atoms with Crippen LogP contribution in [0.2, 0.25) is 0 Å². The average Bonchev–Trinajstić information content (AvgIpc) is 3.57. The number of nitrogens with two attached hydrogens (primary N) is 2. The predicted molar refractivity (Wildman–Crippen MR) is 181 cm³/mol. The number of benzene rings is 3. The molecule has 14 heteroatoms. The maximum atomic E-state index is 6.13. The van der Waals surface area contributed by atoms with E-state index in [0.717, 1.165) is 56.0 Å². The molecular formula is C28H34Cl4N8O2. The van der Waals surface area contributed by atoms with E-state index >= 15 is 0 Å². The van der Waals surface area contributed by atoms with Crippen molar-refractivity contribution in [2.75, 3.05) is 40.5 Å². The zero-order valence-electron chi connectivity index (χ0n) is 23.0. The molecule has 0 saturated heterocycles. The van der Waals surface area contributed by atoms with Crippen LogP contribution in [0.3, 0.4) is 0 Å². The summed E-state index contributed by atoms with van der Waals surface area (Å²) >= 11 is 0. The van der Waals surface area contributed by atoms with Crippen LogP contribution < -0.4 is 11.5 Å². The van der Waals surface area contributed by atoms with E-state index in [1.165, 1.54) is 0 Å². The van der Waals surface area contributed by atoms with Crippen molar-refractivity contribution in [3.05, 3.63) is 71.8 Å². The molecule has 0 aliphatic heterocycles. The lowest BCUT2D eigenvalue weighted by Crippen LogP contribution is -2.14. The highest BCUT2D eigenvalue weighted by Crippen LogP contribution is 2.26. The van der Waals surface area contributed by atoms with Crippen LogP contribution in [-0.2, 0) is 9.47 Å². The number of H-pyrrole nitrogens is 2. The summed E-state index contributed by atoms with van der Waals surface area (Å²) in [4.78, 5) is 25.0. The van der Waals surface area contributed by atoms with Crippen molar-refractivity contribution >= 4 is 83.4 Å². The van der Waals surface area contributed by atoms with E-state index in [4.69, 9.17) is 30.9 Å². The summed E-state index contributed by atoms with van der Waals surface area (Å²) in [5.41, 5.74) is 19.4. The molecule has 6 N–H and O–H groups in total. The highest BCUT2D eigenvalue weighted by atomic mass is 35.5. The molecular weight excluding hydrogens is 622 g/mol. The van der Waals surface area contributed by atoms with E-state index in [-0.39, 0.29) is 49.6 Å². The van der Waals surface area contributed by atoms with Gasteiger partial charge in [-0.25, -0.2) is 9.97 Å². The second-order valence-corrected chi connectivity index (χ2v) is 8.73. The second kappa shape index (κ2) is 16.9. The van der Waals surface area contributed by atoms with Crippen LogP contribution in [0.5, 0.6) is 0 Å². The Kier molecular flexibility index (Phi) is 14.8. The fourth-order valence-corrected chi connectivity index (χ4v) is 4.09. The Balaban J connectivity index is 0.00000220. The third-order valence-corrected chi connectivity index (χ3v) is 6.14. The van der Waals surface area contributed by atoms with Crippen molar-refractivity contribution < 1.29 is 9.47 Å². The Morgan fingerprint density at radius 3 is 1.38 bits per heavy atom. The lowest BCUT2D eigenvalue weighted by atomic mass is 10.1. The lowest BCUT2D eigenvalue weighted by molar-refractivity contribution is 0.208. The van der Waals surface area contributed by atoms with Crippen LogP contribution in [0.4, 0.5) is 0 Å². The molecule has 0 unspecified atom stereocenters. The highest BCUT2D eigenvalue weighted by molar-refractivity contribution is 6.01. The van der Waals surface area contributed by atoms with Gasteiger partial charge in [-0.2, -0.15) is 0 Å². The Morgan fingerprint density at radius 2 is 1.02 bits per heavy atom. The number of nitrogens with zero attached hydrogens (tertiary/aromatic N) is 4. The molecule has 0 atom stereocenters. The number of aliphatic imine (C=N–C) groups is 2. The van der Waals surface area contributed by atoms with Gasteiger partial charge in [0.15, 0.2) is 0 Å². The number of halogens is 4. The first kappa shape index (κ1) is 36.6. The molecule has 0 bridgehead atoms. The average molecular weight is 656 g/mol. The quantitative estimate of drug-likeness (QED) is 0.0926. The largest absolute Gasteiger partial charge is 0.384 e. The number of aromatic amines is 2. The van der Waals surface area contributed by atoms with Crippen LogP contribution in [0.15, 0.2) is 70.6 Å². The summed E-state index contributed by atoms with van der Waals surface area (Å²) in [5.74, 6) is 2.50. The normalized spacial score (nSPS) is 11.4. The summed E-state index contributed by atoms with van der Waals surface area (Å²) in [6.07, 6.45) is 0. The van der Waals surface area contributed by atoms with Crippen LogP contribution in [0.1, 0.15) is 11.1 Å². The first-order valence-electron chi connectivity index (χ1n) is 12.2. The standard InChI is InChI=1S/C28H30N8O2.4ClH/c1-37-13-11-31-25(29)19-7-9-21-23(15-19)35-27(33-21)17-3-5-18(6-4-17)28-34-22-10-8-20(16-24(22)36-28)26(30)32-12-14-38-2;;;;/h3-10,15-16H,11-14H2,1-2H3,(H2,29,31)(H2,30,32)(H,33,35)(H,34,36);4*1H. The molecule has 0 fully saturated rings. The maximum absolute atomic E-state index is 6.13. The van der Waals surface area contributed by atoms with E-state index in [0.29, 0.717) is 38.0 Å². The van der Waals surface area contributed by atoms with Crippen molar-refractivity contribution in [1.82, 2.24) is 19.9 Å². The van der Waals surface area contributed by atoms with Crippen molar-refractivity contribution in [3.8, 4) is 22.8 Å². The summed E-state index contributed by atoms with van der Waals surface area (Å²) in [5, 5.41) is 0. The molecule has 0 saturated carbocycles. The molecule has 10 nitrogen and oxygen atoms in total. The minimum Gasteiger partial charge on any atom is -0.384 e. The molecule has 0 aliphatic carbocycles. The number of hydrogen-bond donors (Lipinski definition) is 4. The van der Waals surface area contributed by atoms with Gasteiger partial charge in [-0.05, 0) is 36.4 Å². The molecule has 0 amide bonds. The number of fused-ring (bicyclic) bond motifs is 2. The van der Waals surface area contributed by atoms with E-state index in [9.17, 15) is 0 Å². The fraction of sp³-hybridized carbons (Fsp3) is 0.214. The first-order valence-corrected chi connectivity index (χ1v) is 12.2. The third-order valence-electron chi connectivity index (χ3n) is 6.14. The van der Waals surface area contributed by atoms with Gasteiger partial charge in [-0.3, -0.25) is 9.98 Å². The van der Waals surface area contributed by atoms with Gasteiger partial charge in [-0.1, -0.05) is 24.3 Å². The van der Waals surface area contributed by atoms with Gasteiger partial charge >= 0.3 is 0 Å². The van der Waals surface area contributed by atoms with Crippen molar-refractivity contribution in [1.29, 1.82) is 0 Å². The summed E-state index contributed by atoms with van der Waals surface area (Å²) < 4.78 is 10.1. The molecule has 2 heterocycles. The van der Waals surface area contributed by atoms with Gasteiger partial charge < -0.3 is 30.9 Å². The minimum absolute atomic E-state index is 0. The molecule has 3 aromatic carbocycles. The number of amidine groups is 2. The molecule has 5 aromatic rings. The van der Waals surface area contributed by atoms with Gasteiger partial charge in [0.25, 0.3) is 0 Å². The zero-order valence-corrected chi connectivity index (χ0v) is 26.3. The number of hydrogen-bond acceptors (Lipinski definition) is 6. The predicted octanol–water partition coefficient (Wildman–Crippen LogP) is 5.16. The zero-order chi connectivity index (χ0) is 26.5. The summed E-state index contributed by atoms with van der Waals surface area (Å²) in [6.45, 7) is 2.09. The van der Waals surface area contributed by atoms with Gasteiger partial charge in [0.1, 0.15) is 23.3 Å². The smallest absolute Gasteiger partial charge is 0.138 e. The number of aromatic nitrogens is 4. The van der Waals surface area contributed by atoms with Crippen molar-refractivity contribution in [3.63, 3.8) is 0 Å². The van der Waals surface area contributed by atoms with Crippen molar-refractivity contribution in [2.24, 2.45) is 21.5 Å². The second-order valence-electron chi connectivity index (χ2n) is 8.73. The van der Waals surface area contributed by atoms with Crippen molar-refractivity contribution in [2.45, 2.75) is 0 Å². The maximum Gasteiger partial charge on any atom is 0.138 e. The number of imidazole rings is 2.